The summed E-state index contributed by atoms with van der Waals surface area (Å²) >= 11 is 0. The lowest BCUT2D eigenvalue weighted by molar-refractivity contribution is 0.208. The summed E-state index contributed by atoms with van der Waals surface area (Å²) < 4.78 is 51.5. The standard InChI is InChI=1S/C15H24N2O4S2/c1-3-10-17-11-8-13(9-12-17)16-23(20,21)15-7-5-4-6-14(15)22(2,18)19/h4-7,13,16H,3,8-12H2,1-2H3. The van der Waals surface area contributed by atoms with Crippen LogP contribution < -0.4 is 4.72 Å². The van der Waals surface area contributed by atoms with Gasteiger partial charge in [0.1, 0.15) is 4.90 Å². The van der Waals surface area contributed by atoms with Crippen molar-refractivity contribution in [3.63, 3.8) is 0 Å². The molecule has 1 aromatic carbocycles. The molecule has 1 fully saturated rings. The Balaban J connectivity index is 2.15. The molecule has 1 saturated heterocycles. The fraction of sp³-hybridized carbons (Fsp3) is 0.600. The summed E-state index contributed by atoms with van der Waals surface area (Å²) in [5, 5.41) is 0. The third-order valence-electron chi connectivity index (χ3n) is 3.99. The maximum Gasteiger partial charge on any atom is 0.242 e. The molecule has 0 radical (unpaired) electrons. The predicted molar refractivity (Wildman–Crippen MR) is 89.6 cm³/mol. The molecular formula is C15H24N2O4S2. The van der Waals surface area contributed by atoms with E-state index in [1.807, 2.05) is 0 Å². The number of nitrogens with one attached hydrogen (secondary N) is 1. The van der Waals surface area contributed by atoms with E-state index in [0.29, 0.717) is 0 Å². The van der Waals surface area contributed by atoms with E-state index in [-0.39, 0.29) is 15.8 Å². The molecule has 1 N–H and O–H groups in total. The Kier molecular flexibility index (Phi) is 5.83. The molecule has 0 aromatic heterocycles. The molecule has 2 rings (SSSR count). The van der Waals surface area contributed by atoms with Crippen molar-refractivity contribution in [3.8, 4) is 0 Å². The van der Waals surface area contributed by atoms with Crippen LogP contribution in [0.1, 0.15) is 26.2 Å². The predicted octanol–water partition coefficient (Wildman–Crippen LogP) is 1.24. The zero-order chi connectivity index (χ0) is 17.1. The van der Waals surface area contributed by atoms with Crippen LogP contribution in [0.25, 0.3) is 0 Å². The van der Waals surface area contributed by atoms with Crippen molar-refractivity contribution in [2.24, 2.45) is 0 Å². The number of hydrogen-bond donors (Lipinski definition) is 1. The van der Waals surface area contributed by atoms with Gasteiger partial charge < -0.3 is 4.90 Å². The summed E-state index contributed by atoms with van der Waals surface area (Å²) in [6.45, 7) is 4.86. The normalized spacial score (nSPS) is 18.2. The van der Waals surface area contributed by atoms with E-state index in [2.05, 4.69) is 16.5 Å². The van der Waals surface area contributed by atoms with Gasteiger partial charge in [0.05, 0.1) is 4.90 Å². The van der Waals surface area contributed by atoms with Crippen LogP contribution in [-0.4, -0.2) is 53.7 Å². The molecule has 6 nitrogen and oxygen atoms in total. The largest absolute Gasteiger partial charge is 0.303 e. The van der Waals surface area contributed by atoms with Crippen LogP contribution in [0, 0.1) is 0 Å². The molecule has 1 heterocycles. The van der Waals surface area contributed by atoms with Crippen LogP contribution in [-0.2, 0) is 19.9 Å². The highest BCUT2D eigenvalue weighted by Crippen LogP contribution is 2.22. The monoisotopic (exact) mass is 360 g/mol. The first-order chi connectivity index (χ1) is 10.7. The Morgan fingerprint density at radius 1 is 1.09 bits per heavy atom. The first-order valence-electron chi connectivity index (χ1n) is 7.78. The number of likely N-dealkylation sites (tertiary alicyclic amines) is 1. The molecule has 1 aliphatic rings. The second kappa shape index (κ2) is 7.29. The summed E-state index contributed by atoms with van der Waals surface area (Å²) in [6.07, 6.45) is 3.57. The molecule has 0 spiro atoms. The van der Waals surface area contributed by atoms with Gasteiger partial charge in [-0.15, -0.1) is 0 Å². The van der Waals surface area contributed by atoms with E-state index in [1.165, 1.54) is 24.3 Å². The summed E-state index contributed by atoms with van der Waals surface area (Å²) in [6, 6.07) is 5.57. The van der Waals surface area contributed by atoms with Crippen LogP contribution >= 0.6 is 0 Å². The van der Waals surface area contributed by atoms with E-state index in [9.17, 15) is 16.8 Å². The third-order valence-corrected chi connectivity index (χ3v) is 6.85. The second-order valence-corrected chi connectivity index (χ2v) is 9.62. The van der Waals surface area contributed by atoms with Crippen molar-refractivity contribution in [3.05, 3.63) is 24.3 Å². The van der Waals surface area contributed by atoms with E-state index in [0.717, 1.165) is 45.2 Å². The lowest BCUT2D eigenvalue weighted by Crippen LogP contribution is -2.44. The molecule has 0 amide bonds. The highest BCUT2D eigenvalue weighted by Gasteiger charge is 2.28. The van der Waals surface area contributed by atoms with Crippen molar-refractivity contribution in [2.75, 3.05) is 25.9 Å². The molecule has 0 unspecified atom stereocenters. The van der Waals surface area contributed by atoms with Gasteiger partial charge in [0, 0.05) is 12.3 Å². The van der Waals surface area contributed by atoms with Crippen molar-refractivity contribution in [1.29, 1.82) is 0 Å². The lowest BCUT2D eigenvalue weighted by Gasteiger charge is -2.32. The number of nitrogens with zero attached hydrogens (tertiary/aromatic N) is 1. The summed E-state index contributed by atoms with van der Waals surface area (Å²) in [5.41, 5.74) is 0. The zero-order valence-corrected chi connectivity index (χ0v) is 15.2. The number of benzene rings is 1. The van der Waals surface area contributed by atoms with Crippen molar-refractivity contribution in [2.45, 2.75) is 42.0 Å². The Bertz CT molecular complexity index is 736. The molecular weight excluding hydrogens is 336 g/mol. The Morgan fingerprint density at radius 2 is 1.65 bits per heavy atom. The van der Waals surface area contributed by atoms with E-state index < -0.39 is 19.9 Å². The summed E-state index contributed by atoms with van der Waals surface area (Å²) in [7, 11) is -7.45. The van der Waals surface area contributed by atoms with Crippen LogP contribution in [0.3, 0.4) is 0 Å². The van der Waals surface area contributed by atoms with Crippen LogP contribution in [0.4, 0.5) is 0 Å². The minimum Gasteiger partial charge on any atom is -0.303 e. The molecule has 0 bridgehead atoms. The highest BCUT2D eigenvalue weighted by atomic mass is 32.2. The van der Waals surface area contributed by atoms with Gasteiger partial charge in [0.25, 0.3) is 0 Å². The van der Waals surface area contributed by atoms with Crippen molar-refractivity contribution in [1.82, 2.24) is 9.62 Å². The van der Waals surface area contributed by atoms with Gasteiger partial charge in [0.15, 0.2) is 9.84 Å². The lowest BCUT2D eigenvalue weighted by atomic mass is 10.1. The molecule has 1 aromatic rings. The van der Waals surface area contributed by atoms with Gasteiger partial charge >= 0.3 is 0 Å². The Hall–Kier alpha value is -0.960. The number of sulfonamides is 1. The quantitative estimate of drug-likeness (QED) is 0.825. The first-order valence-corrected chi connectivity index (χ1v) is 11.2. The molecule has 0 saturated carbocycles. The summed E-state index contributed by atoms with van der Waals surface area (Å²) in [4.78, 5) is 1.99. The van der Waals surface area contributed by atoms with Crippen LogP contribution in [0.2, 0.25) is 0 Å². The molecule has 8 heteroatoms. The highest BCUT2D eigenvalue weighted by molar-refractivity contribution is 7.93. The first kappa shape index (κ1) is 18.4. The third kappa shape index (κ3) is 4.76. The summed E-state index contributed by atoms with van der Waals surface area (Å²) in [5.74, 6) is 0. The van der Waals surface area contributed by atoms with Gasteiger partial charge in [-0.2, -0.15) is 0 Å². The van der Waals surface area contributed by atoms with Gasteiger partial charge in [-0.25, -0.2) is 21.6 Å². The van der Waals surface area contributed by atoms with Crippen LogP contribution in [0.5, 0.6) is 0 Å². The van der Waals surface area contributed by atoms with Gasteiger partial charge in [-0.05, 0) is 51.0 Å². The topological polar surface area (TPSA) is 83.6 Å². The molecule has 0 aliphatic carbocycles. The van der Waals surface area contributed by atoms with E-state index in [1.54, 1.807) is 0 Å². The smallest absolute Gasteiger partial charge is 0.242 e. The Labute approximate surface area is 138 Å². The van der Waals surface area contributed by atoms with Crippen molar-refractivity contribution < 1.29 is 16.8 Å². The average Bonchev–Trinajstić information content (AvgIpc) is 2.48. The molecule has 0 atom stereocenters. The van der Waals surface area contributed by atoms with Crippen LogP contribution in [0.15, 0.2) is 34.1 Å². The molecule has 1 aliphatic heterocycles. The minimum absolute atomic E-state index is 0.152. The fourth-order valence-corrected chi connectivity index (χ4v) is 5.79. The Morgan fingerprint density at radius 3 is 2.17 bits per heavy atom. The van der Waals surface area contributed by atoms with E-state index >= 15 is 0 Å². The van der Waals surface area contributed by atoms with Gasteiger partial charge in [-0.1, -0.05) is 19.1 Å². The number of rotatable bonds is 6. The maximum atomic E-state index is 12.6. The van der Waals surface area contributed by atoms with Gasteiger partial charge in [0.2, 0.25) is 10.0 Å². The average molecular weight is 361 g/mol. The second-order valence-electron chi connectivity index (χ2n) is 5.96. The van der Waals surface area contributed by atoms with Crippen molar-refractivity contribution >= 4 is 19.9 Å². The molecule has 130 valence electrons. The number of piperidine rings is 1. The molecule has 23 heavy (non-hydrogen) atoms. The zero-order valence-electron chi connectivity index (χ0n) is 13.5. The fourth-order valence-electron chi connectivity index (χ4n) is 2.85. The van der Waals surface area contributed by atoms with Gasteiger partial charge in [-0.3, -0.25) is 0 Å². The SMILES string of the molecule is CCCN1CCC(NS(=O)(=O)c2ccccc2S(C)(=O)=O)CC1. The minimum atomic E-state index is -3.85. The number of hydrogen-bond acceptors (Lipinski definition) is 5. The number of sulfone groups is 1. The maximum absolute atomic E-state index is 12.6. The van der Waals surface area contributed by atoms with E-state index in [4.69, 9.17) is 0 Å².